The minimum atomic E-state index is -0.601. The van der Waals surface area contributed by atoms with Gasteiger partial charge in [-0.15, -0.1) is 0 Å². The van der Waals surface area contributed by atoms with Gasteiger partial charge in [0.05, 0.1) is 24.5 Å². The van der Waals surface area contributed by atoms with E-state index >= 15 is 0 Å². The van der Waals surface area contributed by atoms with E-state index in [1.807, 2.05) is 18.2 Å². The van der Waals surface area contributed by atoms with E-state index in [2.05, 4.69) is 9.72 Å². The fourth-order valence-corrected chi connectivity index (χ4v) is 1.86. The number of aliphatic hydroxyl groups is 1. The summed E-state index contributed by atoms with van der Waals surface area (Å²) in [4.78, 5) is 15.5. The van der Waals surface area contributed by atoms with Gasteiger partial charge in [0.2, 0.25) is 0 Å². The molecule has 5 nitrogen and oxygen atoms in total. The summed E-state index contributed by atoms with van der Waals surface area (Å²) in [6.45, 7) is 1.94. The molecule has 1 unspecified atom stereocenters. The monoisotopic (exact) mass is 287 g/mol. The van der Waals surface area contributed by atoms with Gasteiger partial charge in [-0.25, -0.2) is 4.79 Å². The zero-order chi connectivity index (χ0) is 15.2. The molecule has 0 aliphatic carbocycles. The zero-order valence-electron chi connectivity index (χ0n) is 11.9. The Kier molecular flexibility index (Phi) is 4.90. The minimum Gasteiger partial charge on any atom is -0.487 e. The third-order valence-electron chi connectivity index (χ3n) is 2.99. The van der Waals surface area contributed by atoms with E-state index < -0.39 is 12.1 Å². The first kappa shape index (κ1) is 15.0. The number of aliphatic hydroxyl groups excluding tert-OH is 1. The molecular formula is C16H17NO4. The Labute approximate surface area is 123 Å². The molecule has 0 fully saturated rings. The predicted molar refractivity (Wildman–Crippen MR) is 77.0 cm³/mol. The number of carbonyl (C=O) groups is 1. The van der Waals surface area contributed by atoms with Crippen molar-refractivity contribution in [3.8, 4) is 5.75 Å². The largest absolute Gasteiger partial charge is 0.487 e. The van der Waals surface area contributed by atoms with Gasteiger partial charge in [0.25, 0.3) is 0 Å². The van der Waals surface area contributed by atoms with Crippen molar-refractivity contribution in [2.75, 3.05) is 7.11 Å². The van der Waals surface area contributed by atoms with Crippen LogP contribution in [0.15, 0.2) is 42.6 Å². The van der Waals surface area contributed by atoms with Crippen LogP contribution in [0.5, 0.6) is 5.75 Å². The average Bonchev–Trinajstić information content (AvgIpc) is 2.52. The molecular weight excluding hydrogens is 270 g/mol. The number of methoxy groups -OCH3 is 1. The summed E-state index contributed by atoms with van der Waals surface area (Å²) in [6.07, 6.45) is 0.848. The van der Waals surface area contributed by atoms with E-state index in [4.69, 9.17) is 4.74 Å². The van der Waals surface area contributed by atoms with Crippen molar-refractivity contribution in [3.63, 3.8) is 0 Å². The number of pyridine rings is 1. The van der Waals surface area contributed by atoms with Gasteiger partial charge in [0, 0.05) is 11.8 Å². The minimum absolute atomic E-state index is 0.255. The van der Waals surface area contributed by atoms with Crippen LogP contribution >= 0.6 is 0 Å². The van der Waals surface area contributed by atoms with Crippen molar-refractivity contribution in [1.82, 2.24) is 4.98 Å². The number of aromatic nitrogens is 1. The van der Waals surface area contributed by atoms with Crippen molar-refractivity contribution < 1.29 is 19.4 Å². The maximum atomic E-state index is 11.3. The van der Waals surface area contributed by atoms with E-state index in [1.54, 1.807) is 25.1 Å². The topological polar surface area (TPSA) is 68.7 Å². The van der Waals surface area contributed by atoms with Crippen molar-refractivity contribution in [1.29, 1.82) is 0 Å². The molecule has 0 saturated heterocycles. The Balaban J connectivity index is 2.05. The summed E-state index contributed by atoms with van der Waals surface area (Å²) in [7, 11) is 1.33. The van der Waals surface area contributed by atoms with Gasteiger partial charge in [-0.05, 0) is 25.1 Å². The van der Waals surface area contributed by atoms with E-state index in [9.17, 15) is 9.90 Å². The molecule has 0 aliphatic rings. The molecule has 21 heavy (non-hydrogen) atoms. The van der Waals surface area contributed by atoms with Gasteiger partial charge in [0.1, 0.15) is 12.4 Å². The van der Waals surface area contributed by atoms with Crippen LogP contribution in [0.3, 0.4) is 0 Å². The second-order valence-corrected chi connectivity index (χ2v) is 4.53. The van der Waals surface area contributed by atoms with Gasteiger partial charge >= 0.3 is 5.97 Å². The third-order valence-corrected chi connectivity index (χ3v) is 2.99. The molecule has 5 heteroatoms. The first-order valence-electron chi connectivity index (χ1n) is 6.55. The second kappa shape index (κ2) is 6.85. The Morgan fingerprint density at radius 2 is 2.05 bits per heavy atom. The van der Waals surface area contributed by atoms with Crippen LogP contribution < -0.4 is 4.74 Å². The van der Waals surface area contributed by atoms with E-state index in [0.717, 1.165) is 5.56 Å². The number of hydrogen-bond donors (Lipinski definition) is 1. The highest BCUT2D eigenvalue weighted by atomic mass is 16.5. The molecule has 0 spiro atoms. The predicted octanol–water partition coefficient (Wildman–Crippen LogP) is 2.50. The molecule has 1 aromatic carbocycles. The third kappa shape index (κ3) is 3.79. The molecule has 2 aromatic rings. The first-order chi connectivity index (χ1) is 10.1. The summed E-state index contributed by atoms with van der Waals surface area (Å²) < 4.78 is 10.3. The summed E-state index contributed by atoms with van der Waals surface area (Å²) in [5.74, 6) is 0.195. The molecule has 110 valence electrons. The van der Waals surface area contributed by atoms with Crippen molar-refractivity contribution >= 4 is 5.97 Å². The van der Waals surface area contributed by atoms with Gasteiger partial charge in [-0.2, -0.15) is 0 Å². The van der Waals surface area contributed by atoms with E-state index in [0.29, 0.717) is 17.0 Å². The zero-order valence-corrected chi connectivity index (χ0v) is 11.9. The standard InChI is InChI=1S/C16H17NO4/c1-11(18)14-5-3-4-6-15(14)21-10-13-8-7-12(9-17-13)16(19)20-2/h3-9,11,18H,10H2,1-2H3. The molecule has 0 aliphatic heterocycles. The number of carbonyl (C=O) groups excluding carboxylic acids is 1. The molecule has 0 saturated carbocycles. The van der Waals surface area contributed by atoms with Gasteiger partial charge in [-0.1, -0.05) is 18.2 Å². The van der Waals surface area contributed by atoms with Crippen LogP contribution in [0, 0.1) is 0 Å². The summed E-state index contributed by atoms with van der Waals surface area (Å²) in [5.41, 5.74) is 1.80. The Morgan fingerprint density at radius 1 is 1.29 bits per heavy atom. The lowest BCUT2D eigenvalue weighted by Gasteiger charge is -2.13. The molecule has 2 rings (SSSR count). The van der Waals surface area contributed by atoms with E-state index in [-0.39, 0.29) is 6.61 Å². The molecule has 1 N–H and O–H groups in total. The summed E-state index contributed by atoms with van der Waals surface area (Å²) in [6, 6.07) is 10.6. The number of ether oxygens (including phenoxy) is 2. The highest BCUT2D eigenvalue weighted by Crippen LogP contribution is 2.25. The Morgan fingerprint density at radius 3 is 2.67 bits per heavy atom. The SMILES string of the molecule is COC(=O)c1ccc(COc2ccccc2C(C)O)nc1. The molecule has 1 heterocycles. The lowest BCUT2D eigenvalue weighted by molar-refractivity contribution is 0.0600. The quantitative estimate of drug-likeness (QED) is 0.856. The van der Waals surface area contributed by atoms with Crippen molar-refractivity contribution in [2.45, 2.75) is 19.6 Å². The van der Waals surface area contributed by atoms with Crippen LogP contribution in [0.1, 0.15) is 34.6 Å². The lowest BCUT2D eigenvalue weighted by Crippen LogP contribution is -2.05. The lowest BCUT2D eigenvalue weighted by atomic mass is 10.1. The maximum Gasteiger partial charge on any atom is 0.339 e. The Bertz CT molecular complexity index is 608. The summed E-state index contributed by atoms with van der Waals surface area (Å²) >= 11 is 0. The highest BCUT2D eigenvalue weighted by Gasteiger charge is 2.09. The molecule has 1 aromatic heterocycles. The fraction of sp³-hybridized carbons (Fsp3) is 0.250. The van der Waals surface area contributed by atoms with Crippen molar-refractivity contribution in [3.05, 3.63) is 59.4 Å². The average molecular weight is 287 g/mol. The molecule has 0 amide bonds. The number of nitrogens with zero attached hydrogens (tertiary/aromatic N) is 1. The van der Waals surface area contributed by atoms with Gasteiger partial charge < -0.3 is 14.6 Å². The second-order valence-electron chi connectivity index (χ2n) is 4.53. The van der Waals surface area contributed by atoms with Crippen LogP contribution in [0.25, 0.3) is 0 Å². The van der Waals surface area contributed by atoms with Gasteiger partial charge in [0.15, 0.2) is 0 Å². The number of benzene rings is 1. The normalized spacial score (nSPS) is 11.8. The van der Waals surface area contributed by atoms with Crippen molar-refractivity contribution in [2.24, 2.45) is 0 Å². The Hall–Kier alpha value is -2.40. The maximum absolute atomic E-state index is 11.3. The number of esters is 1. The highest BCUT2D eigenvalue weighted by molar-refractivity contribution is 5.88. The first-order valence-corrected chi connectivity index (χ1v) is 6.55. The van der Waals surface area contributed by atoms with Crippen LogP contribution in [-0.4, -0.2) is 23.2 Å². The number of hydrogen-bond acceptors (Lipinski definition) is 5. The fourth-order valence-electron chi connectivity index (χ4n) is 1.86. The molecule has 1 atom stereocenters. The smallest absolute Gasteiger partial charge is 0.339 e. The van der Waals surface area contributed by atoms with E-state index in [1.165, 1.54) is 13.3 Å². The number of para-hydroxylation sites is 1. The van der Waals surface area contributed by atoms with Crippen LogP contribution in [-0.2, 0) is 11.3 Å². The van der Waals surface area contributed by atoms with Crippen LogP contribution in [0.4, 0.5) is 0 Å². The molecule has 0 radical (unpaired) electrons. The summed E-state index contributed by atoms with van der Waals surface area (Å²) in [5, 5.41) is 9.68. The number of rotatable bonds is 5. The molecule has 0 bridgehead atoms. The van der Waals surface area contributed by atoms with Crippen LogP contribution in [0.2, 0.25) is 0 Å². The van der Waals surface area contributed by atoms with Gasteiger partial charge in [-0.3, -0.25) is 4.98 Å².